The molecule has 1 saturated heterocycles. The van der Waals surface area contributed by atoms with Gasteiger partial charge in [-0.15, -0.1) is 5.10 Å². The molecule has 1 N–H and O–H groups in total. The molecule has 0 radical (unpaired) electrons. The second-order valence-electron chi connectivity index (χ2n) is 6.09. The molecular formula is C16H20BrN5O. The minimum absolute atomic E-state index is 0.0519. The molecule has 7 heteroatoms. The topological polar surface area (TPSA) is 63.1 Å². The Morgan fingerprint density at radius 3 is 2.65 bits per heavy atom. The molecule has 0 aliphatic carbocycles. The highest BCUT2D eigenvalue weighted by Gasteiger charge is 2.28. The normalized spacial score (nSPS) is 21.5. The summed E-state index contributed by atoms with van der Waals surface area (Å²) in [4.78, 5) is 14.7. The SMILES string of the molecule is Cc1c(C(=O)N2C[C@H](C)N[C@@H](C)C2)nnn1-c1cccc(Br)c1. The van der Waals surface area contributed by atoms with Gasteiger partial charge in [0.25, 0.3) is 5.91 Å². The van der Waals surface area contributed by atoms with E-state index in [9.17, 15) is 4.79 Å². The van der Waals surface area contributed by atoms with E-state index in [1.807, 2.05) is 36.1 Å². The van der Waals surface area contributed by atoms with Gasteiger partial charge in [-0.1, -0.05) is 27.2 Å². The summed E-state index contributed by atoms with van der Waals surface area (Å²) >= 11 is 3.45. The standard InChI is InChI=1S/C16H20BrN5O/c1-10-8-21(9-11(2)18-10)16(23)15-12(3)22(20-19-15)14-6-4-5-13(17)7-14/h4-7,10-11,18H,8-9H2,1-3H3/t10-,11-/m0/s1. The Morgan fingerprint density at radius 2 is 2.00 bits per heavy atom. The van der Waals surface area contributed by atoms with Crippen LogP contribution in [0, 0.1) is 6.92 Å². The highest BCUT2D eigenvalue weighted by molar-refractivity contribution is 9.10. The van der Waals surface area contributed by atoms with E-state index in [0.717, 1.165) is 15.9 Å². The number of aromatic nitrogens is 3. The lowest BCUT2D eigenvalue weighted by Crippen LogP contribution is -2.56. The number of carbonyl (C=O) groups is 1. The van der Waals surface area contributed by atoms with Crippen molar-refractivity contribution >= 4 is 21.8 Å². The molecule has 2 heterocycles. The number of hydrogen-bond acceptors (Lipinski definition) is 4. The van der Waals surface area contributed by atoms with Crippen molar-refractivity contribution in [2.24, 2.45) is 0 Å². The van der Waals surface area contributed by atoms with Crippen molar-refractivity contribution < 1.29 is 4.79 Å². The molecule has 1 aliphatic rings. The van der Waals surface area contributed by atoms with Gasteiger partial charge in [0.15, 0.2) is 5.69 Å². The molecule has 3 rings (SSSR count). The van der Waals surface area contributed by atoms with Crippen LogP contribution in [0.5, 0.6) is 0 Å². The van der Waals surface area contributed by atoms with Gasteiger partial charge in [0.05, 0.1) is 11.4 Å². The molecule has 0 bridgehead atoms. The van der Waals surface area contributed by atoms with E-state index in [1.165, 1.54) is 0 Å². The summed E-state index contributed by atoms with van der Waals surface area (Å²) in [5.41, 5.74) is 2.06. The number of hydrogen-bond donors (Lipinski definition) is 1. The number of piperazine rings is 1. The maximum Gasteiger partial charge on any atom is 0.276 e. The summed E-state index contributed by atoms with van der Waals surface area (Å²) in [6, 6.07) is 8.33. The van der Waals surface area contributed by atoms with E-state index in [1.54, 1.807) is 4.68 Å². The second-order valence-corrected chi connectivity index (χ2v) is 7.01. The average Bonchev–Trinajstić information content (AvgIpc) is 2.87. The van der Waals surface area contributed by atoms with Gasteiger partial charge in [0.2, 0.25) is 0 Å². The van der Waals surface area contributed by atoms with Crippen LogP contribution >= 0.6 is 15.9 Å². The van der Waals surface area contributed by atoms with Crippen LogP contribution in [0.15, 0.2) is 28.7 Å². The van der Waals surface area contributed by atoms with Crippen LogP contribution in [0.25, 0.3) is 5.69 Å². The van der Waals surface area contributed by atoms with Gasteiger partial charge in [0, 0.05) is 29.6 Å². The Kier molecular flexibility index (Phi) is 4.50. The Morgan fingerprint density at radius 1 is 1.30 bits per heavy atom. The van der Waals surface area contributed by atoms with Crippen LogP contribution in [-0.2, 0) is 0 Å². The molecule has 1 aromatic heterocycles. The van der Waals surface area contributed by atoms with E-state index >= 15 is 0 Å². The molecule has 1 fully saturated rings. The number of halogens is 1. The van der Waals surface area contributed by atoms with E-state index in [4.69, 9.17) is 0 Å². The van der Waals surface area contributed by atoms with Gasteiger partial charge in [0.1, 0.15) is 0 Å². The van der Waals surface area contributed by atoms with Crippen molar-refractivity contribution in [2.75, 3.05) is 13.1 Å². The van der Waals surface area contributed by atoms with E-state index in [-0.39, 0.29) is 18.0 Å². The van der Waals surface area contributed by atoms with Crippen LogP contribution < -0.4 is 5.32 Å². The number of carbonyl (C=O) groups excluding carboxylic acids is 1. The summed E-state index contributed by atoms with van der Waals surface area (Å²) in [7, 11) is 0. The number of benzene rings is 1. The van der Waals surface area contributed by atoms with E-state index < -0.39 is 0 Å². The third kappa shape index (κ3) is 3.30. The van der Waals surface area contributed by atoms with Crippen LogP contribution in [0.1, 0.15) is 30.0 Å². The molecule has 23 heavy (non-hydrogen) atoms. The number of rotatable bonds is 2. The molecule has 2 aromatic rings. The molecular weight excluding hydrogens is 358 g/mol. The Bertz CT molecular complexity index is 719. The Hall–Kier alpha value is -1.73. The van der Waals surface area contributed by atoms with Crippen molar-refractivity contribution in [3.8, 4) is 5.69 Å². The first kappa shape index (κ1) is 16.1. The second kappa shape index (κ2) is 6.41. The van der Waals surface area contributed by atoms with Crippen molar-refractivity contribution in [1.82, 2.24) is 25.2 Å². The number of nitrogens with zero attached hydrogens (tertiary/aromatic N) is 4. The summed E-state index contributed by atoms with van der Waals surface area (Å²) in [6.07, 6.45) is 0. The van der Waals surface area contributed by atoms with Gasteiger partial charge in [-0.2, -0.15) is 0 Å². The monoisotopic (exact) mass is 377 g/mol. The fraction of sp³-hybridized carbons (Fsp3) is 0.438. The summed E-state index contributed by atoms with van der Waals surface area (Å²) in [5, 5.41) is 11.7. The third-order valence-corrected chi connectivity index (χ3v) is 4.49. The van der Waals surface area contributed by atoms with Crippen LogP contribution in [0.3, 0.4) is 0 Å². The minimum Gasteiger partial charge on any atom is -0.334 e. The zero-order valence-corrected chi connectivity index (χ0v) is 15.0. The minimum atomic E-state index is -0.0519. The lowest BCUT2D eigenvalue weighted by molar-refractivity contribution is 0.0667. The summed E-state index contributed by atoms with van der Waals surface area (Å²) < 4.78 is 2.66. The van der Waals surface area contributed by atoms with Gasteiger partial charge in [-0.3, -0.25) is 4.79 Å². The number of nitrogens with one attached hydrogen (secondary N) is 1. The Balaban J connectivity index is 1.88. The molecule has 0 spiro atoms. The molecule has 0 saturated carbocycles. The van der Waals surface area contributed by atoms with Gasteiger partial charge in [-0.25, -0.2) is 4.68 Å². The van der Waals surface area contributed by atoms with Crippen LogP contribution in [-0.4, -0.2) is 51.0 Å². The first-order valence-corrected chi connectivity index (χ1v) is 8.48. The molecule has 1 aromatic carbocycles. The predicted molar refractivity (Wildman–Crippen MR) is 91.8 cm³/mol. The molecule has 0 unspecified atom stereocenters. The smallest absolute Gasteiger partial charge is 0.276 e. The Labute approximate surface area is 144 Å². The van der Waals surface area contributed by atoms with Gasteiger partial charge >= 0.3 is 0 Å². The largest absolute Gasteiger partial charge is 0.334 e. The molecule has 122 valence electrons. The lowest BCUT2D eigenvalue weighted by atomic mass is 10.1. The molecule has 2 atom stereocenters. The maximum absolute atomic E-state index is 12.8. The molecule has 1 amide bonds. The van der Waals surface area contributed by atoms with Crippen molar-refractivity contribution in [1.29, 1.82) is 0 Å². The fourth-order valence-corrected chi connectivity index (χ4v) is 3.41. The highest BCUT2D eigenvalue weighted by atomic mass is 79.9. The maximum atomic E-state index is 12.8. The fourth-order valence-electron chi connectivity index (χ4n) is 3.02. The predicted octanol–water partition coefficient (Wildman–Crippen LogP) is 2.16. The summed E-state index contributed by atoms with van der Waals surface area (Å²) in [6.45, 7) is 7.42. The first-order valence-electron chi connectivity index (χ1n) is 7.69. The van der Waals surface area contributed by atoms with Gasteiger partial charge < -0.3 is 10.2 Å². The quantitative estimate of drug-likeness (QED) is 0.870. The number of amides is 1. The average molecular weight is 378 g/mol. The van der Waals surface area contributed by atoms with Crippen molar-refractivity contribution in [2.45, 2.75) is 32.9 Å². The van der Waals surface area contributed by atoms with E-state index in [2.05, 4.69) is 45.4 Å². The highest BCUT2D eigenvalue weighted by Crippen LogP contribution is 2.18. The summed E-state index contributed by atoms with van der Waals surface area (Å²) in [5.74, 6) is -0.0519. The first-order chi connectivity index (χ1) is 11.0. The zero-order valence-electron chi connectivity index (χ0n) is 13.5. The van der Waals surface area contributed by atoms with Gasteiger partial charge in [-0.05, 0) is 39.0 Å². The van der Waals surface area contributed by atoms with Crippen LogP contribution in [0.4, 0.5) is 0 Å². The molecule has 1 aliphatic heterocycles. The van der Waals surface area contributed by atoms with Crippen molar-refractivity contribution in [3.05, 3.63) is 40.1 Å². The van der Waals surface area contributed by atoms with Crippen molar-refractivity contribution in [3.63, 3.8) is 0 Å². The van der Waals surface area contributed by atoms with E-state index in [0.29, 0.717) is 18.8 Å². The zero-order chi connectivity index (χ0) is 16.6. The van der Waals surface area contributed by atoms with Crippen LogP contribution in [0.2, 0.25) is 0 Å². The third-order valence-electron chi connectivity index (χ3n) is 3.99. The molecule has 6 nitrogen and oxygen atoms in total. The lowest BCUT2D eigenvalue weighted by Gasteiger charge is -2.35.